The number of rotatable bonds is 3. The van der Waals surface area contributed by atoms with Crippen molar-refractivity contribution < 1.29 is 9.32 Å². The minimum atomic E-state index is 0.0143. The molecule has 0 bridgehead atoms. The predicted molar refractivity (Wildman–Crippen MR) is 72.6 cm³/mol. The van der Waals surface area contributed by atoms with Gasteiger partial charge in [0, 0.05) is 13.1 Å². The van der Waals surface area contributed by atoms with Crippen LogP contribution in [-0.4, -0.2) is 47.5 Å². The summed E-state index contributed by atoms with van der Waals surface area (Å²) in [7, 11) is 3.88. The molecule has 0 aliphatic carbocycles. The quantitative estimate of drug-likeness (QED) is 0.836. The van der Waals surface area contributed by atoms with Crippen molar-refractivity contribution in [1.29, 1.82) is 0 Å². The van der Waals surface area contributed by atoms with Crippen LogP contribution >= 0.6 is 0 Å². The molecule has 1 aromatic heterocycles. The smallest absolute Gasteiger partial charge is 0.240 e. The molecule has 1 amide bonds. The van der Waals surface area contributed by atoms with Crippen molar-refractivity contribution in [2.75, 3.05) is 20.6 Å². The van der Waals surface area contributed by atoms with Gasteiger partial charge in [0.05, 0.1) is 12.6 Å². The van der Waals surface area contributed by atoms with Crippen LogP contribution in [0.1, 0.15) is 37.1 Å². The minimum Gasteiger partial charge on any atom is -0.361 e. The van der Waals surface area contributed by atoms with Crippen LogP contribution in [0.15, 0.2) is 10.6 Å². The molecule has 5 nitrogen and oxygen atoms in total. The minimum absolute atomic E-state index is 0.0143. The number of hydrogen-bond acceptors (Lipinski definition) is 4. The summed E-state index contributed by atoms with van der Waals surface area (Å²) < 4.78 is 5.03. The van der Waals surface area contributed by atoms with E-state index in [9.17, 15) is 4.79 Å². The van der Waals surface area contributed by atoms with Gasteiger partial charge in [0.25, 0.3) is 0 Å². The topological polar surface area (TPSA) is 49.6 Å². The van der Waals surface area contributed by atoms with Gasteiger partial charge in [-0.2, -0.15) is 0 Å². The van der Waals surface area contributed by atoms with E-state index in [-0.39, 0.29) is 11.9 Å². The Hall–Kier alpha value is -1.36. The number of hydrogen-bond donors (Lipinski definition) is 0. The molecule has 2 heterocycles. The van der Waals surface area contributed by atoms with Crippen molar-refractivity contribution in [2.24, 2.45) is 0 Å². The third-order valence-corrected chi connectivity index (χ3v) is 3.76. The van der Waals surface area contributed by atoms with Crippen molar-refractivity contribution in [2.45, 2.75) is 45.2 Å². The van der Waals surface area contributed by atoms with Gasteiger partial charge in [0.1, 0.15) is 11.5 Å². The number of likely N-dealkylation sites (N-methyl/N-ethyl adjacent to an activating group) is 2. The Kier molecular flexibility index (Phi) is 4.58. The standard InChI is InChI=1S/C14H23N3O2/c1-11-9-12(15-19-11)10-17(3)14(18)13-7-5-4-6-8-16(13)2/h9,13H,4-8,10H2,1-3H3/t13-/m1/s1. The molecule has 0 radical (unpaired) electrons. The first-order valence-corrected chi connectivity index (χ1v) is 6.95. The fourth-order valence-electron chi connectivity index (χ4n) is 2.63. The molecule has 1 fully saturated rings. The maximum absolute atomic E-state index is 12.5. The van der Waals surface area contributed by atoms with Crippen LogP contribution in [-0.2, 0) is 11.3 Å². The van der Waals surface area contributed by atoms with Gasteiger partial charge in [-0.05, 0) is 33.4 Å². The van der Waals surface area contributed by atoms with Crippen LogP contribution in [0.2, 0.25) is 0 Å². The summed E-state index contributed by atoms with van der Waals surface area (Å²) in [5.74, 6) is 0.965. The maximum atomic E-state index is 12.5. The molecule has 1 aliphatic heterocycles. The van der Waals surface area contributed by atoms with Crippen molar-refractivity contribution in [3.63, 3.8) is 0 Å². The van der Waals surface area contributed by atoms with Gasteiger partial charge in [-0.3, -0.25) is 9.69 Å². The SMILES string of the molecule is Cc1cc(CN(C)C(=O)[C@H]2CCCCCN2C)no1. The van der Waals surface area contributed by atoms with E-state index in [4.69, 9.17) is 4.52 Å². The van der Waals surface area contributed by atoms with Gasteiger partial charge >= 0.3 is 0 Å². The Labute approximate surface area is 114 Å². The molecule has 0 N–H and O–H groups in total. The highest BCUT2D eigenvalue weighted by atomic mass is 16.5. The maximum Gasteiger partial charge on any atom is 0.240 e. The van der Waals surface area contributed by atoms with Gasteiger partial charge in [-0.15, -0.1) is 0 Å². The van der Waals surface area contributed by atoms with E-state index in [1.54, 1.807) is 4.90 Å². The van der Waals surface area contributed by atoms with E-state index in [0.29, 0.717) is 6.54 Å². The second-order valence-corrected chi connectivity index (χ2v) is 5.47. The molecule has 0 saturated carbocycles. The average Bonchev–Trinajstić information content (AvgIpc) is 2.66. The van der Waals surface area contributed by atoms with E-state index in [1.165, 1.54) is 12.8 Å². The zero-order chi connectivity index (χ0) is 13.8. The van der Waals surface area contributed by atoms with Crippen LogP contribution in [0.25, 0.3) is 0 Å². The van der Waals surface area contributed by atoms with Crippen LogP contribution < -0.4 is 0 Å². The molecular formula is C14H23N3O2. The number of aromatic nitrogens is 1. The lowest BCUT2D eigenvalue weighted by atomic mass is 10.1. The van der Waals surface area contributed by atoms with E-state index >= 15 is 0 Å². The lowest BCUT2D eigenvalue weighted by molar-refractivity contribution is -0.135. The monoisotopic (exact) mass is 265 g/mol. The normalized spacial score (nSPS) is 21.1. The molecule has 2 rings (SSSR count). The van der Waals surface area contributed by atoms with Gasteiger partial charge in [-0.1, -0.05) is 18.0 Å². The first-order chi connectivity index (χ1) is 9.08. The molecule has 106 valence electrons. The van der Waals surface area contributed by atoms with Crippen LogP contribution in [0.3, 0.4) is 0 Å². The summed E-state index contributed by atoms with van der Waals surface area (Å²) in [6, 6.07) is 1.89. The van der Waals surface area contributed by atoms with Crippen molar-refractivity contribution in [3.8, 4) is 0 Å². The van der Waals surface area contributed by atoms with Crippen LogP contribution in [0, 0.1) is 6.92 Å². The van der Waals surface area contributed by atoms with E-state index in [1.807, 2.05) is 27.1 Å². The number of carbonyl (C=O) groups excluding carboxylic acids is 1. The summed E-state index contributed by atoms with van der Waals surface area (Å²) in [5.41, 5.74) is 0.810. The highest BCUT2D eigenvalue weighted by molar-refractivity contribution is 5.81. The summed E-state index contributed by atoms with van der Waals surface area (Å²) in [4.78, 5) is 16.4. The number of amides is 1. The lowest BCUT2D eigenvalue weighted by Gasteiger charge is -2.28. The number of carbonyl (C=O) groups is 1. The molecule has 19 heavy (non-hydrogen) atoms. The number of nitrogens with zero attached hydrogens (tertiary/aromatic N) is 3. The number of aryl methyl sites for hydroxylation is 1. The second kappa shape index (κ2) is 6.19. The zero-order valence-electron chi connectivity index (χ0n) is 12.1. The van der Waals surface area contributed by atoms with Gasteiger partial charge in [0.2, 0.25) is 5.91 Å². The Bertz CT molecular complexity index is 430. The van der Waals surface area contributed by atoms with E-state index < -0.39 is 0 Å². The van der Waals surface area contributed by atoms with Crippen LogP contribution in [0.4, 0.5) is 0 Å². The molecule has 1 aliphatic rings. The average molecular weight is 265 g/mol. The largest absolute Gasteiger partial charge is 0.361 e. The lowest BCUT2D eigenvalue weighted by Crippen LogP contribution is -2.45. The molecule has 0 unspecified atom stereocenters. The third-order valence-electron chi connectivity index (χ3n) is 3.76. The second-order valence-electron chi connectivity index (χ2n) is 5.47. The van der Waals surface area contributed by atoms with Gasteiger partial charge in [-0.25, -0.2) is 0 Å². The van der Waals surface area contributed by atoms with Crippen molar-refractivity contribution in [1.82, 2.24) is 15.0 Å². The molecule has 1 saturated heterocycles. The summed E-state index contributed by atoms with van der Waals surface area (Å²) >= 11 is 0. The van der Waals surface area contributed by atoms with Crippen LogP contribution in [0.5, 0.6) is 0 Å². The zero-order valence-corrected chi connectivity index (χ0v) is 12.1. The molecule has 0 aromatic carbocycles. The van der Waals surface area contributed by atoms with E-state index in [2.05, 4.69) is 10.1 Å². The van der Waals surface area contributed by atoms with Gasteiger partial charge in [0.15, 0.2) is 0 Å². The molecular weight excluding hydrogens is 242 g/mol. The van der Waals surface area contributed by atoms with Crippen molar-refractivity contribution in [3.05, 3.63) is 17.5 Å². The molecule has 5 heteroatoms. The van der Waals surface area contributed by atoms with Crippen molar-refractivity contribution >= 4 is 5.91 Å². The summed E-state index contributed by atoms with van der Waals surface area (Å²) in [5, 5.41) is 3.94. The summed E-state index contributed by atoms with van der Waals surface area (Å²) in [6.07, 6.45) is 4.50. The first kappa shape index (κ1) is 14.1. The fourth-order valence-corrected chi connectivity index (χ4v) is 2.63. The predicted octanol–water partition coefficient (Wildman–Crippen LogP) is 1.82. The summed E-state index contributed by atoms with van der Waals surface area (Å²) in [6.45, 7) is 3.38. The Balaban J connectivity index is 1.97. The Morgan fingerprint density at radius 1 is 1.53 bits per heavy atom. The Morgan fingerprint density at radius 3 is 3.00 bits per heavy atom. The molecule has 0 spiro atoms. The first-order valence-electron chi connectivity index (χ1n) is 6.95. The highest BCUT2D eigenvalue weighted by Crippen LogP contribution is 2.17. The molecule has 1 aromatic rings. The molecule has 1 atom stereocenters. The number of likely N-dealkylation sites (tertiary alicyclic amines) is 1. The van der Waals surface area contributed by atoms with Gasteiger partial charge < -0.3 is 9.42 Å². The third kappa shape index (κ3) is 3.56. The Morgan fingerprint density at radius 2 is 2.32 bits per heavy atom. The fraction of sp³-hybridized carbons (Fsp3) is 0.714. The highest BCUT2D eigenvalue weighted by Gasteiger charge is 2.27. The van der Waals surface area contributed by atoms with E-state index in [0.717, 1.165) is 30.8 Å².